The number of nitro groups is 1. The second kappa shape index (κ2) is 3.36. The topological polar surface area (TPSA) is 80.4 Å². The van der Waals surface area contributed by atoms with Gasteiger partial charge in [-0.1, -0.05) is 12.6 Å². The van der Waals surface area contributed by atoms with Crippen molar-refractivity contribution >= 4 is 24.3 Å². The molecule has 0 amide bonds. The zero-order valence-electron chi connectivity index (χ0n) is 6.26. The van der Waals surface area contributed by atoms with Crippen molar-refractivity contribution in [2.75, 3.05) is 0 Å². The van der Waals surface area contributed by atoms with E-state index in [0.717, 1.165) is 6.07 Å². The van der Waals surface area contributed by atoms with Crippen LogP contribution < -0.4 is 0 Å². The first-order valence-electron chi connectivity index (χ1n) is 3.21. The number of benzene rings is 1. The van der Waals surface area contributed by atoms with Crippen LogP contribution in [0.1, 0.15) is 10.4 Å². The molecule has 0 spiro atoms. The monoisotopic (exact) mass is 198 g/mol. The summed E-state index contributed by atoms with van der Waals surface area (Å²) in [5.74, 6) is -1.26. The Morgan fingerprint density at radius 3 is 2.62 bits per heavy atom. The minimum absolute atomic E-state index is 0.0955. The van der Waals surface area contributed by atoms with E-state index in [1.165, 1.54) is 12.1 Å². The first kappa shape index (κ1) is 9.40. The van der Waals surface area contributed by atoms with Crippen LogP contribution in [0.4, 0.5) is 5.69 Å². The van der Waals surface area contributed by atoms with Crippen LogP contribution in [0.25, 0.3) is 0 Å². The van der Waals surface area contributed by atoms with Crippen LogP contribution in [-0.4, -0.2) is 16.0 Å². The molecular weight excluding hydrogens is 194 g/mol. The van der Waals surface area contributed by atoms with Gasteiger partial charge in [-0.3, -0.25) is 10.1 Å². The summed E-state index contributed by atoms with van der Waals surface area (Å²) in [5.41, 5.74) is -0.491. The van der Waals surface area contributed by atoms with E-state index in [1.807, 2.05) is 0 Å². The summed E-state index contributed by atoms with van der Waals surface area (Å²) in [6, 6.07) is 3.36. The highest BCUT2D eigenvalue weighted by Crippen LogP contribution is 2.20. The molecule has 13 heavy (non-hydrogen) atoms. The van der Waals surface area contributed by atoms with Crippen molar-refractivity contribution in [3.63, 3.8) is 0 Å². The molecule has 0 atom stereocenters. The van der Waals surface area contributed by atoms with Gasteiger partial charge in [-0.15, -0.1) is 0 Å². The predicted octanol–water partition coefficient (Wildman–Crippen LogP) is 1.85. The molecule has 0 aromatic heterocycles. The zero-order valence-corrected chi connectivity index (χ0v) is 7.08. The van der Waals surface area contributed by atoms with Crippen molar-refractivity contribution in [2.45, 2.75) is 4.90 Å². The summed E-state index contributed by atoms with van der Waals surface area (Å²) in [6.45, 7) is 0. The first-order valence-corrected chi connectivity index (χ1v) is 3.62. The molecule has 1 aromatic carbocycles. The summed E-state index contributed by atoms with van der Waals surface area (Å²) in [6.07, 6.45) is 0. The molecular formula is C7H4NO4S. The Balaban J connectivity index is 3.27. The lowest BCUT2D eigenvalue weighted by molar-refractivity contribution is -0.384. The molecule has 0 saturated heterocycles. The zero-order chi connectivity index (χ0) is 10.0. The second-order valence-electron chi connectivity index (χ2n) is 2.24. The van der Waals surface area contributed by atoms with Gasteiger partial charge in [0.05, 0.1) is 15.4 Å². The van der Waals surface area contributed by atoms with Gasteiger partial charge in [-0.25, -0.2) is 4.79 Å². The lowest BCUT2D eigenvalue weighted by Gasteiger charge is -1.97. The van der Waals surface area contributed by atoms with Crippen molar-refractivity contribution in [2.24, 2.45) is 0 Å². The number of hydrogen-bond acceptors (Lipinski definition) is 3. The van der Waals surface area contributed by atoms with Crippen LogP contribution in [-0.2, 0) is 0 Å². The van der Waals surface area contributed by atoms with Crippen molar-refractivity contribution in [1.29, 1.82) is 0 Å². The summed E-state index contributed by atoms with van der Waals surface area (Å²) in [4.78, 5) is 20.2. The number of aromatic carboxylic acids is 1. The maximum atomic E-state index is 10.5. The molecule has 6 heteroatoms. The second-order valence-corrected chi connectivity index (χ2v) is 2.68. The average Bonchev–Trinajstić information content (AvgIpc) is 2.04. The molecule has 1 rings (SSSR count). The molecule has 67 valence electrons. The Labute approximate surface area is 78.6 Å². The van der Waals surface area contributed by atoms with Gasteiger partial charge in [-0.05, 0) is 6.07 Å². The summed E-state index contributed by atoms with van der Waals surface area (Å²) in [7, 11) is 0. The van der Waals surface area contributed by atoms with Crippen LogP contribution >= 0.6 is 12.6 Å². The summed E-state index contributed by atoms with van der Waals surface area (Å²) in [5, 5.41) is 18.8. The normalized spacial score (nSPS) is 9.54. The molecule has 0 unspecified atom stereocenters. The highest BCUT2D eigenvalue weighted by molar-refractivity contribution is 7.80. The van der Waals surface area contributed by atoms with Gasteiger partial charge in [0.2, 0.25) is 0 Å². The summed E-state index contributed by atoms with van der Waals surface area (Å²) >= 11 is 4.67. The summed E-state index contributed by atoms with van der Waals surface area (Å²) < 4.78 is 0. The van der Waals surface area contributed by atoms with E-state index in [0.29, 0.717) is 0 Å². The molecule has 0 saturated carbocycles. The lowest BCUT2D eigenvalue weighted by Crippen LogP contribution is -1.99. The Morgan fingerprint density at radius 1 is 1.54 bits per heavy atom. The molecule has 0 aliphatic rings. The van der Waals surface area contributed by atoms with Crippen LogP contribution in [0.5, 0.6) is 0 Å². The van der Waals surface area contributed by atoms with Gasteiger partial charge in [0, 0.05) is 12.1 Å². The van der Waals surface area contributed by atoms with Gasteiger partial charge < -0.3 is 5.11 Å². The number of carboxylic acids is 1. The van der Waals surface area contributed by atoms with E-state index < -0.39 is 10.9 Å². The minimum atomic E-state index is -1.26. The van der Waals surface area contributed by atoms with Crippen molar-refractivity contribution in [1.82, 2.24) is 0 Å². The van der Waals surface area contributed by atoms with E-state index in [-0.39, 0.29) is 16.1 Å². The third-order valence-corrected chi connectivity index (χ3v) is 1.76. The molecule has 0 fully saturated rings. The Hall–Kier alpha value is -1.69. The van der Waals surface area contributed by atoms with Crippen molar-refractivity contribution < 1.29 is 14.8 Å². The van der Waals surface area contributed by atoms with E-state index in [1.54, 1.807) is 0 Å². The molecule has 1 aromatic rings. The van der Waals surface area contributed by atoms with E-state index in [4.69, 9.17) is 5.11 Å². The first-order chi connectivity index (χ1) is 6.02. The number of nitrogens with zero attached hydrogens (tertiary/aromatic N) is 1. The number of non-ortho nitro benzene ring substituents is 1. The van der Waals surface area contributed by atoms with Crippen molar-refractivity contribution in [3.8, 4) is 0 Å². The Morgan fingerprint density at radius 2 is 2.15 bits per heavy atom. The number of rotatable bonds is 2. The van der Waals surface area contributed by atoms with Gasteiger partial charge in [0.15, 0.2) is 0 Å². The molecule has 0 bridgehead atoms. The molecule has 1 radical (unpaired) electrons. The van der Waals surface area contributed by atoms with Crippen molar-refractivity contribution in [3.05, 3.63) is 33.9 Å². The van der Waals surface area contributed by atoms with Gasteiger partial charge in [-0.2, -0.15) is 0 Å². The largest absolute Gasteiger partial charge is 0.478 e. The molecule has 0 aliphatic carbocycles. The number of nitro benzene ring substituents is 1. The van der Waals surface area contributed by atoms with E-state index in [9.17, 15) is 14.9 Å². The molecule has 5 nitrogen and oxygen atoms in total. The van der Waals surface area contributed by atoms with Crippen LogP contribution in [0, 0.1) is 10.1 Å². The van der Waals surface area contributed by atoms with Gasteiger partial charge in [0.1, 0.15) is 0 Å². The fourth-order valence-corrected chi connectivity index (χ4v) is 1.01. The van der Waals surface area contributed by atoms with Crippen LogP contribution in [0.2, 0.25) is 0 Å². The fraction of sp³-hybridized carbons (Fsp3) is 0. The standard InChI is InChI=1S/C7H4NO4S/c9-7(10)5-3-4(8(11)12)1-2-6(5)13/h1-3H,(H,9,10). The number of carbonyl (C=O) groups is 1. The third-order valence-electron chi connectivity index (χ3n) is 1.40. The fourth-order valence-electron chi connectivity index (χ4n) is 0.799. The maximum Gasteiger partial charge on any atom is 0.337 e. The minimum Gasteiger partial charge on any atom is -0.478 e. The van der Waals surface area contributed by atoms with E-state index >= 15 is 0 Å². The molecule has 0 aliphatic heterocycles. The quantitative estimate of drug-likeness (QED) is 0.580. The molecule has 0 heterocycles. The SMILES string of the molecule is O=C(O)c1cc([N+](=O)[O-])ccc1[S]. The maximum absolute atomic E-state index is 10.5. The predicted molar refractivity (Wildman–Crippen MR) is 45.9 cm³/mol. The Bertz CT molecular complexity index is 377. The number of carboxylic acid groups (broad SMARTS) is 1. The Kier molecular flexibility index (Phi) is 2.43. The van der Waals surface area contributed by atoms with Crippen LogP contribution in [0.3, 0.4) is 0 Å². The lowest BCUT2D eigenvalue weighted by atomic mass is 10.2. The highest BCUT2D eigenvalue weighted by atomic mass is 32.1. The average molecular weight is 198 g/mol. The third kappa shape index (κ3) is 1.91. The van der Waals surface area contributed by atoms with E-state index in [2.05, 4.69) is 12.6 Å². The smallest absolute Gasteiger partial charge is 0.337 e. The van der Waals surface area contributed by atoms with Gasteiger partial charge >= 0.3 is 5.97 Å². The number of hydrogen-bond donors (Lipinski definition) is 1. The van der Waals surface area contributed by atoms with Gasteiger partial charge in [0.25, 0.3) is 5.69 Å². The highest BCUT2D eigenvalue weighted by Gasteiger charge is 2.14. The molecule has 1 N–H and O–H groups in total. The van der Waals surface area contributed by atoms with Crippen LogP contribution in [0.15, 0.2) is 23.1 Å².